The summed E-state index contributed by atoms with van der Waals surface area (Å²) in [4.78, 5) is 4.83. The van der Waals surface area contributed by atoms with E-state index >= 15 is 0 Å². The highest BCUT2D eigenvalue weighted by molar-refractivity contribution is 4.89. The molecule has 0 saturated heterocycles. The van der Waals surface area contributed by atoms with Gasteiger partial charge in [0.1, 0.15) is 0 Å². The molecular weight excluding hydrogens is 234 g/mol. The molecule has 0 heterocycles. The molecule has 3 nitrogen and oxygen atoms in total. The molecule has 2 unspecified atom stereocenters. The number of hydrogen-bond acceptors (Lipinski definition) is 3. The van der Waals surface area contributed by atoms with E-state index in [0.29, 0.717) is 5.41 Å². The second-order valence-corrected chi connectivity index (χ2v) is 7.13. The fraction of sp³-hybridized carbons (Fsp3) is 1.00. The smallest absolute Gasteiger partial charge is 0.00472 e. The molecule has 0 spiro atoms. The third-order valence-electron chi connectivity index (χ3n) is 4.49. The zero-order chi connectivity index (χ0) is 14.3. The summed E-state index contributed by atoms with van der Waals surface area (Å²) in [5, 5.41) is 3.44. The van der Waals surface area contributed by atoms with Gasteiger partial charge in [-0.25, -0.2) is 0 Å². The SMILES string of the molecule is CNCC1(CN(C)CCCN(C)C)CCCC(C)C1. The maximum Gasteiger partial charge on any atom is 0.00472 e. The van der Waals surface area contributed by atoms with Crippen LogP contribution in [0.1, 0.15) is 39.0 Å². The molecule has 1 aliphatic carbocycles. The Morgan fingerprint density at radius 1 is 1.21 bits per heavy atom. The van der Waals surface area contributed by atoms with Gasteiger partial charge < -0.3 is 15.1 Å². The van der Waals surface area contributed by atoms with Gasteiger partial charge in [0, 0.05) is 13.1 Å². The Morgan fingerprint density at radius 2 is 1.95 bits per heavy atom. The lowest BCUT2D eigenvalue weighted by Crippen LogP contribution is -2.45. The molecule has 0 radical (unpaired) electrons. The van der Waals surface area contributed by atoms with Crippen molar-refractivity contribution in [2.75, 3.05) is 54.4 Å². The van der Waals surface area contributed by atoms with E-state index in [4.69, 9.17) is 0 Å². The highest BCUT2D eigenvalue weighted by Crippen LogP contribution is 2.39. The molecular formula is C16H35N3. The fourth-order valence-electron chi connectivity index (χ4n) is 3.81. The van der Waals surface area contributed by atoms with E-state index in [0.717, 1.165) is 5.92 Å². The highest BCUT2D eigenvalue weighted by Gasteiger charge is 2.35. The topological polar surface area (TPSA) is 18.5 Å². The molecule has 0 aromatic heterocycles. The lowest BCUT2D eigenvalue weighted by molar-refractivity contribution is 0.0925. The first-order valence-corrected chi connectivity index (χ1v) is 7.95. The first-order chi connectivity index (χ1) is 8.97. The molecule has 0 aliphatic heterocycles. The predicted molar refractivity (Wildman–Crippen MR) is 84.7 cm³/mol. The number of nitrogens with zero attached hydrogens (tertiary/aromatic N) is 2. The van der Waals surface area contributed by atoms with Crippen LogP contribution < -0.4 is 5.32 Å². The number of rotatable bonds is 8. The monoisotopic (exact) mass is 269 g/mol. The van der Waals surface area contributed by atoms with Crippen LogP contribution >= 0.6 is 0 Å². The maximum atomic E-state index is 3.44. The van der Waals surface area contributed by atoms with Crippen molar-refractivity contribution in [2.45, 2.75) is 39.0 Å². The van der Waals surface area contributed by atoms with E-state index in [1.165, 1.54) is 58.3 Å². The molecule has 1 saturated carbocycles. The van der Waals surface area contributed by atoms with Gasteiger partial charge in [-0.15, -0.1) is 0 Å². The minimum Gasteiger partial charge on any atom is -0.319 e. The zero-order valence-electron chi connectivity index (χ0n) is 13.8. The average molecular weight is 269 g/mol. The fourth-order valence-corrected chi connectivity index (χ4v) is 3.81. The Bertz CT molecular complexity index is 238. The third kappa shape index (κ3) is 6.24. The summed E-state index contributed by atoms with van der Waals surface area (Å²) < 4.78 is 0. The zero-order valence-corrected chi connectivity index (χ0v) is 13.8. The number of nitrogens with one attached hydrogen (secondary N) is 1. The van der Waals surface area contributed by atoms with Crippen molar-refractivity contribution >= 4 is 0 Å². The van der Waals surface area contributed by atoms with Crippen molar-refractivity contribution < 1.29 is 0 Å². The van der Waals surface area contributed by atoms with E-state index < -0.39 is 0 Å². The molecule has 0 aromatic rings. The summed E-state index contributed by atoms with van der Waals surface area (Å²) in [5.41, 5.74) is 0.513. The van der Waals surface area contributed by atoms with E-state index in [2.05, 4.69) is 50.2 Å². The van der Waals surface area contributed by atoms with E-state index in [1.807, 2.05) is 0 Å². The second kappa shape index (κ2) is 8.23. The van der Waals surface area contributed by atoms with Crippen LogP contribution in [0.5, 0.6) is 0 Å². The summed E-state index contributed by atoms with van der Waals surface area (Å²) in [6, 6.07) is 0. The van der Waals surface area contributed by atoms with Crippen LogP contribution in [0.25, 0.3) is 0 Å². The van der Waals surface area contributed by atoms with Crippen molar-refractivity contribution in [1.82, 2.24) is 15.1 Å². The van der Waals surface area contributed by atoms with Crippen molar-refractivity contribution in [3.8, 4) is 0 Å². The van der Waals surface area contributed by atoms with E-state index in [1.54, 1.807) is 0 Å². The van der Waals surface area contributed by atoms with Gasteiger partial charge in [-0.2, -0.15) is 0 Å². The molecule has 0 aromatic carbocycles. The van der Waals surface area contributed by atoms with Crippen LogP contribution in [0.2, 0.25) is 0 Å². The average Bonchev–Trinajstić information content (AvgIpc) is 2.28. The van der Waals surface area contributed by atoms with Gasteiger partial charge in [0.05, 0.1) is 0 Å². The van der Waals surface area contributed by atoms with Gasteiger partial charge in [-0.3, -0.25) is 0 Å². The Morgan fingerprint density at radius 3 is 2.53 bits per heavy atom. The lowest BCUT2D eigenvalue weighted by atomic mass is 9.69. The molecule has 1 N–H and O–H groups in total. The van der Waals surface area contributed by atoms with Crippen molar-refractivity contribution in [1.29, 1.82) is 0 Å². The molecule has 0 bridgehead atoms. The Labute approximate surface area is 120 Å². The van der Waals surface area contributed by atoms with Crippen LogP contribution in [0, 0.1) is 11.3 Å². The molecule has 3 heteroatoms. The minimum absolute atomic E-state index is 0.513. The summed E-state index contributed by atoms with van der Waals surface area (Å²) in [6.45, 7) is 7.27. The van der Waals surface area contributed by atoms with Gasteiger partial charge in [-0.05, 0) is 71.9 Å². The first-order valence-electron chi connectivity index (χ1n) is 7.95. The third-order valence-corrected chi connectivity index (χ3v) is 4.49. The molecule has 114 valence electrons. The van der Waals surface area contributed by atoms with Gasteiger partial charge in [0.25, 0.3) is 0 Å². The van der Waals surface area contributed by atoms with Crippen LogP contribution in [-0.2, 0) is 0 Å². The Hall–Kier alpha value is -0.120. The van der Waals surface area contributed by atoms with E-state index in [9.17, 15) is 0 Å². The number of hydrogen-bond donors (Lipinski definition) is 1. The summed E-state index contributed by atoms with van der Waals surface area (Å²) in [7, 11) is 8.72. The summed E-state index contributed by atoms with van der Waals surface area (Å²) in [6.07, 6.45) is 6.90. The van der Waals surface area contributed by atoms with Gasteiger partial charge in [0.15, 0.2) is 0 Å². The molecule has 2 atom stereocenters. The lowest BCUT2D eigenvalue weighted by Gasteiger charge is -2.42. The Balaban J connectivity index is 2.43. The van der Waals surface area contributed by atoms with Crippen molar-refractivity contribution in [3.05, 3.63) is 0 Å². The molecule has 1 aliphatic rings. The molecule has 19 heavy (non-hydrogen) atoms. The Kier molecular flexibility index (Phi) is 7.33. The summed E-state index contributed by atoms with van der Waals surface area (Å²) in [5.74, 6) is 0.900. The van der Waals surface area contributed by atoms with Crippen LogP contribution in [-0.4, -0.2) is 64.2 Å². The quantitative estimate of drug-likeness (QED) is 0.729. The molecule has 1 rings (SSSR count). The van der Waals surface area contributed by atoms with Gasteiger partial charge in [-0.1, -0.05) is 19.8 Å². The van der Waals surface area contributed by atoms with Crippen LogP contribution in [0.3, 0.4) is 0 Å². The second-order valence-electron chi connectivity index (χ2n) is 7.13. The van der Waals surface area contributed by atoms with Crippen LogP contribution in [0.15, 0.2) is 0 Å². The normalized spacial score (nSPS) is 28.3. The minimum atomic E-state index is 0.513. The standard InChI is InChI=1S/C16H35N3/c1-15-8-6-9-16(12-15,13-17-2)14-19(5)11-7-10-18(3)4/h15,17H,6-14H2,1-5H3. The van der Waals surface area contributed by atoms with Crippen LogP contribution in [0.4, 0.5) is 0 Å². The van der Waals surface area contributed by atoms with Crippen molar-refractivity contribution in [3.63, 3.8) is 0 Å². The largest absolute Gasteiger partial charge is 0.319 e. The molecule has 0 amide bonds. The highest BCUT2D eigenvalue weighted by atomic mass is 15.1. The maximum absolute atomic E-state index is 3.44. The van der Waals surface area contributed by atoms with Gasteiger partial charge in [0.2, 0.25) is 0 Å². The van der Waals surface area contributed by atoms with E-state index in [-0.39, 0.29) is 0 Å². The first kappa shape index (κ1) is 16.9. The molecule has 1 fully saturated rings. The predicted octanol–water partition coefficient (Wildman–Crippen LogP) is 2.29. The van der Waals surface area contributed by atoms with Crippen molar-refractivity contribution in [2.24, 2.45) is 11.3 Å². The van der Waals surface area contributed by atoms with Gasteiger partial charge >= 0.3 is 0 Å². The summed E-state index contributed by atoms with van der Waals surface area (Å²) >= 11 is 0.